The first-order valence-electron chi connectivity index (χ1n) is 9.63. The van der Waals surface area contributed by atoms with Crippen LogP contribution in [0.4, 0.5) is 5.82 Å². The molecule has 11 nitrogen and oxygen atoms in total. The van der Waals surface area contributed by atoms with Gasteiger partial charge < -0.3 is 24.3 Å². The Kier molecular flexibility index (Phi) is 7.18. The van der Waals surface area contributed by atoms with Gasteiger partial charge in [0.15, 0.2) is 11.5 Å². The smallest absolute Gasteiger partial charge is 0.323 e. The van der Waals surface area contributed by atoms with Crippen LogP contribution in [0, 0.1) is 0 Å². The van der Waals surface area contributed by atoms with E-state index in [0.29, 0.717) is 30.1 Å². The molecule has 0 bridgehead atoms. The van der Waals surface area contributed by atoms with Crippen molar-refractivity contribution in [1.29, 1.82) is 0 Å². The van der Waals surface area contributed by atoms with Gasteiger partial charge in [0.2, 0.25) is 0 Å². The van der Waals surface area contributed by atoms with Gasteiger partial charge in [0.05, 0.1) is 26.1 Å². The van der Waals surface area contributed by atoms with E-state index in [-0.39, 0.29) is 19.1 Å². The predicted octanol–water partition coefficient (Wildman–Crippen LogP) is 1.69. The second-order valence-corrected chi connectivity index (χ2v) is 9.06. The van der Waals surface area contributed by atoms with Crippen molar-refractivity contribution < 1.29 is 23.4 Å². The highest BCUT2D eigenvalue weighted by atomic mass is 31.2. The Hall–Kier alpha value is -2.07. The molecule has 12 heteroatoms. The minimum atomic E-state index is -3.30. The Morgan fingerprint density at radius 2 is 2.28 bits per heavy atom. The van der Waals surface area contributed by atoms with Crippen molar-refractivity contribution >= 4 is 30.5 Å². The zero-order chi connectivity index (χ0) is 20.9. The lowest BCUT2D eigenvalue weighted by atomic mass is 10.3. The largest absolute Gasteiger partial charge is 0.465 e. The minimum absolute atomic E-state index is 0.1000. The monoisotopic (exact) mass is 426 g/mol. The quantitative estimate of drug-likeness (QED) is 0.345. The number of rotatable bonds is 9. The lowest BCUT2D eigenvalue weighted by Crippen LogP contribution is -2.39. The van der Waals surface area contributed by atoms with Crippen LogP contribution < -0.4 is 10.8 Å². The van der Waals surface area contributed by atoms with Crippen molar-refractivity contribution in [2.75, 3.05) is 25.3 Å². The van der Waals surface area contributed by atoms with Gasteiger partial charge in [-0.2, -0.15) is 0 Å². The van der Waals surface area contributed by atoms with Crippen LogP contribution in [0.2, 0.25) is 0 Å². The molecule has 0 amide bonds. The van der Waals surface area contributed by atoms with E-state index in [1.165, 1.54) is 6.33 Å². The zero-order valence-corrected chi connectivity index (χ0v) is 17.5. The van der Waals surface area contributed by atoms with Crippen LogP contribution in [0.5, 0.6) is 0 Å². The number of fused-ring (bicyclic) bond motifs is 1. The molecule has 1 fully saturated rings. The summed E-state index contributed by atoms with van der Waals surface area (Å²) in [6.45, 7) is 4.53. The van der Waals surface area contributed by atoms with Gasteiger partial charge in [0.1, 0.15) is 30.3 Å². The molecule has 0 radical (unpaired) electrons. The second kappa shape index (κ2) is 9.62. The molecule has 1 unspecified atom stereocenters. The van der Waals surface area contributed by atoms with E-state index in [1.807, 2.05) is 0 Å². The lowest BCUT2D eigenvalue weighted by molar-refractivity contribution is -0.145. The van der Waals surface area contributed by atoms with Gasteiger partial charge >= 0.3 is 5.97 Å². The molecule has 3 heterocycles. The van der Waals surface area contributed by atoms with E-state index in [2.05, 4.69) is 27.0 Å². The topological polar surface area (TPSA) is 143 Å². The summed E-state index contributed by atoms with van der Waals surface area (Å²) in [6.07, 6.45) is 5.34. The summed E-state index contributed by atoms with van der Waals surface area (Å²) in [6, 6.07) is -0.750. The van der Waals surface area contributed by atoms with Crippen LogP contribution in [0.25, 0.3) is 11.2 Å². The second-order valence-electron chi connectivity index (χ2n) is 6.94. The summed E-state index contributed by atoms with van der Waals surface area (Å²) in [5, 5.41) is 2.73. The van der Waals surface area contributed by atoms with Crippen molar-refractivity contribution in [2.24, 2.45) is 0 Å². The number of nitrogen functional groups attached to an aromatic ring is 1. The van der Waals surface area contributed by atoms with Crippen LogP contribution >= 0.6 is 7.52 Å². The number of hydrogen-bond acceptors (Lipinski definition) is 9. The molecular weight excluding hydrogens is 399 g/mol. The van der Waals surface area contributed by atoms with Crippen molar-refractivity contribution in [2.45, 2.75) is 51.8 Å². The number of unbranched alkanes of at least 4 members (excludes halogenated alkanes) is 2. The maximum absolute atomic E-state index is 12.8. The normalized spacial score (nSPS) is 23.2. The molecule has 0 spiro atoms. The fourth-order valence-electron chi connectivity index (χ4n) is 2.92. The number of nitrogens with one attached hydrogen (secondary N) is 1. The Bertz CT molecular complexity index is 878. The molecule has 3 N–H and O–H groups in total. The first-order valence-corrected chi connectivity index (χ1v) is 11.4. The number of nitrogens with zero attached hydrogens (tertiary/aromatic N) is 4. The van der Waals surface area contributed by atoms with Crippen molar-refractivity contribution in [3.05, 3.63) is 12.7 Å². The van der Waals surface area contributed by atoms with Crippen LogP contribution in [0.15, 0.2) is 12.7 Å². The van der Waals surface area contributed by atoms with Gasteiger partial charge in [0, 0.05) is 0 Å². The summed E-state index contributed by atoms with van der Waals surface area (Å²) in [5.74, 6) is -0.150. The molecule has 0 saturated carbocycles. The number of anilines is 1. The summed E-state index contributed by atoms with van der Waals surface area (Å²) in [4.78, 5) is 24.3. The van der Waals surface area contributed by atoms with E-state index in [1.54, 1.807) is 17.8 Å². The molecule has 3 atom stereocenters. The Morgan fingerprint density at radius 1 is 1.45 bits per heavy atom. The molecule has 1 saturated heterocycles. The average Bonchev–Trinajstić information content (AvgIpc) is 3.11. The summed E-state index contributed by atoms with van der Waals surface area (Å²) >= 11 is 0. The summed E-state index contributed by atoms with van der Waals surface area (Å²) < 4.78 is 31.0. The number of hydrogen-bond donors (Lipinski definition) is 2. The van der Waals surface area contributed by atoms with Crippen LogP contribution in [0.1, 0.15) is 33.1 Å². The van der Waals surface area contributed by atoms with Crippen LogP contribution in [-0.4, -0.2) is 57.2 Å². The molecule has 160 valence electrons. The highest BCUT2D eigenvalue weighted by Gasteiger charge is 2.35. The van der Waals surface area contributed by atoms with Gasteiger partial charge in [-0.05, 0) is 13.3 Å². The molecule has 0 aromatic carbocycles. The highest BCUT2D eigenvalue weighted by molar-refractivity contribution is 7.56. The third-order valence-electron chi connectivity index (χ3n) is 4.52. The standard InChI is InChI=1S/C17H27N6O5P/c1-3-4-5-6-26-17(24)12(2)22-29(25)11-27-13(8-28-29)7-23-10-21-14-15(18)19-9-20-16(14)23/h9-10,12-13H,3-8,11H2,1-2H3,(H,22,25)(H2,18,19,20)/t12-,13-,29?/m0/s1. The number of nitrogens with two attached hydrogens (primary N) is 1. The molecule has 3 rings (SSSR count). The molecule has 2 aromatic rings. The molecule has 2 aromatic heterocycles. The van der Waals surface area contributed by atoms with Crippen molar-refractivity contribution in [3.63, 3.8) is 0 Å². The van der Waals surface area contributed by atoms with E-state index in [0.717, 1.165) is 19.3 Å². The molecule has 29 heavy (non-hydrogen) atoms. The Balaban J connectivity index is 1.49. The van der Waals surface area contributed by atoms with Gasteiger partial charge in [0.25, 0.3) is 7.52 Å². The van der Waals surface area contributed by atoms with Crippen LogP contribution in [-0.2, 0) is 29.9 Å². The third kappa shape index (κ3) is 5.51. The van der Waals surface area contributed by atoms with E-state index in [9.17, 15) is 9.36 Å². The summed E-state index contributed by atoms with van der Waals surface area (Å²) in [5.41, 5.74) is 6.90. The third-order valence-corrected chi connectivity index (χ3v) is 6.35. The molecule has 1 aliphatic rings. The summed E-state index contributed by atoms with van der Waals surface area (Å²) in [7, 11) is -3.30. The molecule has 1 aliphatic heterocycles. The van der Waals surface area contributed by atoms with Gasteiger partial charge in [-0.15, -0.1) is 0 Å². The maximum atomic E-state index is 12.8. The van der Waals surface area contributed by atoms with E-state index < -0.39 is 19.5 Å². The van der Waals surface area contributed by atoms with Crippen LogP contribution in [0.3, 0.4) is 0 Å². The van der Waals surface area contributed by atoms with Crippen molar-refractivity contribution in [3.8, 4) is 0 Å². The zero-order valence-electron chi connectivity index (χ0n) is 16.6. The SMILES string of the molecule is CCCCCOC(=O)[C@H](C)NP1(=O)CO[C@@H](Cn2cnc3c(N)ncnc32)CO1. The molecular formula is C17H27N6O5P. The fraction of sp³-hybridized carbons (Fsp3) is 0.647. The maximum Gasteiger partial charge on any atom is 0.323 e. The van der Waals surface area contributed by atoms with Gasteiger partial charge in [-0.1, -0.05) is 19.8 Å². The number of aromatic nitrogens is 4. The van der Waals surface area contributed by atoms with E-state index >= 15 is 0 Å². The van der Waals surface area contributed by atoms with E-state index in [4.69, 9.17) is 19.7 Å². The predicted molar refractivity (Wildman–Crippen MR) is 106 cm³/mol. The lowest BCUT2D eigenvalue weighted by Gasteiger charge is -2.31. The first-order chi connectivity index (χ1) is 13.9. The van der Waals surface area contributed by atoms with Gasteiger partial charge in [-0.3, -0.25) is 9.36 Å². The average molecular weight is 426 g/mol. The highest BCUT2D eigenvalue weighted by Crippen LogP contribution is 2.46. The number of imidazole rings is 1. The molecule has 0 aliphatic carbocycles. The Labute approximate surface area is 168 Å². The minimum Gasteiger partial charge on any atom is -0.465 e. The number of ether oxygens (including phenoxy) is 2. The first kappa shape index (κ1) is 21.6. The van der Waals surface area contributed by atoms with Gasteiger partial charge in [-0.25, -0.2) is 20.0 Å². The number of esters is 1. The number of carbonyl (C=O) groups excluding carboxylic acids is 1. The van der Waals surface area contributed by atoms with Crippen molar-refractivity contribution in [1.82, 2.24) is 24.6 Å². The Morgan fingerprint density at radius 3 is 3.00 bits per heavy atom. The fourth-order valence-corrected chi connectivity index (χ4v) is 4.65. The number of carbonyl (C=O) groups is 1.